The number of hydrogen-bond donors (Lipinski definition) is 2. The molecule has 2 aromatic rings. The molecular weight excluding hydrogens is 352 g/mol. The van der Waals surface area contributed by atoms with Crippen LogP contribution in [0.4, 0.5) is 5.69 Å². The van der Waals surface area contributed by atoms with E-state index in [1.165, 1.54) is 6.21 Å². The highest BCUT2D eigenvalue weighted by Gasteiger charge is 2.09. The molecule has 0 fully saturated rings. The number of anilines is 1. The van der Waals surface area contributed by atoms with Crippen LogP contribution >= 0.6 is 11.6 Å². The number of hydrogen-bond acceptors (Lipinski definition) is 4. The van der Waals surface area contributed by atoms with E-state index in [1.807, 2.05) is 13.0 Å². The van der Waals surface area contributed by atoms with Crippen LogP contribution in [-0.4, -0.2) is 18.0 Å². The summed E-state index contributed by atoms with van der Waals surface area (Å²) < 4.78 is 0. The van der Waals surface area contributed by atoms with Crippen LogP contribution in [0.25, 0.3) is 0 Å². The van der Waals surface area contributed by atoms with E-state index in [1.54, 1.807) is 42.5 Å². The van der Waals surface area contributed by atoms with E-state index in [9.17, 15) is 9.59 Å². The van der Waals surface area contributed by atoms with Crippen molar-refractivity contribution < 1.29 is 9.59 Å². The van der Waals surface area contributed by atoms with Crippen molar-refractivity contribution in [2.45, 2.75) is 19.8 Å². The van der Waals surface area contributed by atoms with Gasteiger partial charge in [0.25, 0.3) is 0 Å². The lowest BCUT2D eigenvalue weighted by molar-refractivity contribution is -0.124. The molecule has 2 rings (SSSR count). The largest absolute Gasteiger partial charge is 0.326 e. The second-order valence-electron chi connectivity index (χ2n) is 5.49. The lowest BCUT2D eigenvalue weighted by Crippen LogP contribution is -2.20. The highest BCUT2D eigenvalue weighted by atomic mass is 35.5. The molecule has 0 bridgehead atoms. The van der Waals surface area contributed by atoms with Gasteiger partial charge < -0.3 is 5.32 Å². The molecule has 132 valence electrons. The summed E-state index contributed by atoms with van der Waals surface area (Å²) in [5, 5.41) is 15.8. The van der Waals surface area contributed by atoms with Crippen LogP contribution in [0.2, 0.25) is 5.02 Å². The van der Waals surface area contributed by atoms with Crippen molar-refractivity contribution in [2.24, 2.45) is 5.10 Å². The number of nitrogens with zero attached hydrogens (tertiary/aromatic N) is 2. The number of halogens is 1. The predicted molar refractivity (Wildman–Crippen MR) is 101 cm³/mol. The minimum atomic E-state index is -0.368. The predicted octanol–water partition coefficient (Wildman–Crippen LogP) is 3.39. The number of carbonyl (C=O) groups excluding carboxylic acids is 2. The third-order valence-corrected chi connectivity index (χ3v) is 3.97. The molecular formula is C19H17ClN4O2. The Hall–Kier alpha value is -3.17. The van der Waals surface area contributed by atoms with Gasteiger partial charge in [-0.05, 0) is 42.3 Å². The van der Waals surface area contributed by atoms with Gasteiger partial charge in [-0.1, -0.05) is 29.8 Å². The molecule has 0 saturated heterocycles. The van der Waals surface area contributed by atoms with Crippen molar-refractivity contribution in [1.29, 1.82) is 5.26 Å². The maximum Gasteiger partial charge on any atom is 0.240 e. The number of nitriles is 1. The topological polar surface area (TPSA) is 94.3 Å². The number of nitrogens with one attached hydrogen (secondary N) is 2. The fourth-order valence-electron chi connectivity index (χ4n) is 2.06. The third-order valence-electron chi connectivity index (χ3n) is 3.56. The van der Waals surface area contributed by atoms with Crippen LogP contribution < -0.4 is 10.7 Å². The van der Waals surface area contributed by atoms with Gasteiger partial charge >= 0.3 is 0 Å². The first-order valence-corrected chi connectivity index (χ1v) is 8.24. The minimum Gasteiger partial charge on any atom is -0.326 e. The summed E-state index contributed by atoms with van der Waals surface area (Å²) in [6.45, 7) is 1.81. The Bertz CT molecular complexity index is 870. The van der Waals surface area contributed by atoms with Gasteiger partial charge in [0.2, 0.25) is 11.8 Å². The first-order chi connectivity index (χ1) is 12.5. The quantitative estimate of drug-likeness (QED) is 0.604. The Morgan fingerprint density at radius 2 is 1.85 bits per heavy atom. The van der Waals surface area contributed by atoms with Crippen LogP contribution in [0.15, 0.2) is 47.6 Å². The number of amides is 2. The molecule has 6 nitrogen and oxygen atoms in total. The van der Waals surface area contributed by atoms with Gasteiger partial charge in [-0.2, -0.15) is 10.4 Å². The van der Waals surface area contributed by atoms with Gasteiger partial charge in [-0.15, -0.1) is 0 Å². The van der Waals surface area contributed by atoms with Gasteiger partial charge in [-0.25, -0.2) is 5.43 Å². The Morgan fingerprint density at radius 1 is 1.15 bits per heavy atom. The minimum absolute atomic E-state index is 0.0101. The van der Waals surface area contributed by atoms with Gasteiger partial charge in [0.15, 0.2) is 0 Å². The van der Waals surface area contributed by atoms with Crippen molar-refractivity contribution in [3.63, 3.8) is 0 Å². The van der Waals surface area contributed by atoms with E-state index >= 15 is 0 Å². The van der Waals surface area contributed by atoms with E-state index in [0.717, 1.165) is 11.1 Å². The molecule has 7 heteroatoms. The number of hydrazone groups is 1. The summed E-state index contributed by atoms with van der Waals surface area (Å²) in [6.07, 6.45) is 1.51. The lowest BCUT2D eigenvalue weighted by atomic mass is 10.2. The average molecular weight is 369 g/mol. The van der Waals surface area contributed by atoms with Gasteiger partial charge in [0, 0.05) is 23.6 Å². The highest BCUT2D eigenvalue weighted by molar-refractivity contribution is 6.31. The van der Waals surface area contributed by atoms with Crippen LogP contribution in [-0.2, 0) is 9.59 Å². The monoisotopic (exact) mass is 368 g/mol. The van der Waals surface area contributed by atoms with Gasteiger partial charge in [0.05, 0.1) is 17.8 Å². The normalized spacial score (nSPS) is 10.3. The SMILES string of the molecule is Cc1c(Cl)cccc1NC(=O)CCC(=O)N/N=C/c1ccc(C#N)cc1. The van der Waals surface area contributed by atoms with Crippen molar-refractivity contribution >= 4 is 35.3 Å². The molecule has 2 amide bonds. The van der Waals surface area contributed by atoms with E-state index in [-0.39, 0.29) is 24.7 Å². The molecule has 2 aromatic carbocycles. The maximum atomic E-state index is 11.9. The molecule has 0 aromatic heterocycles. The molecule has 0 aliphatic heterocycles. The van der Waals surface area contributed by atoms with E-state index in [2.05, 4.69) is 15.8 Å². The second-order valence-corrected chi connectivity index (χ2v) is 5.89. The second kappa shape index (κ2) is 9.35. The third kappa shape index (κ3) is 5.72. The maximum absolute atomic E-state index is 11.9. The summed E-state index contributed by atoms with van der Waals surface area (Å²) in [4.78, 5) is 23.7. The zero-order chi connectivity index (χ0) is 18.9. The molecule has 26 heavy (non-hydrogen) atoms. The molecule has 0 spiro atoms. The summed E-state index contributed by atoms with van der Waals surface area (Å²) in [5.41, 5.74) is 5.06. The van der Waals surface area contributed by atoms with Gasteiger partial charge in [-0.3, -0.25) is 9.59 Å². The Balaban J connectivity index is 1.77. The van der Waals surface area contributed by atoms with E-state index in [4.69, 9.17) is 16.9 Å². The van der Waals surface area contributed by atoms with Crippen LogP contribution in [0, 0.1) is 18.3 Å². The molecule has 0 atom stereocenters. The highest BCUT2D eigenvalue weighted by Crippen LogP contribution is 2.23. The van der Waals surface area contributed by atoms with Crippen molar-refractivity contribution in [3.05, 3.63) is 64.2 Å². The van der Waals surface area contributed by atoms with E-state index < -0.39 is 0 Å². The molecule has 0 unspecified atom stereocenters. The number of benzene rings is 2. The fraction of sp³-hybridized carbons (Fsp3) is 0.158. The van der Waals surface area contributed by atoms with Crippen molar-refractivity contribution in [2.75, 3.05) is 5.32 Å². The molecule has 0 saturated carbocycles. The van der Waals surface area contributed by atoms with E-state index in [0.29, 0.717) is 16.3 Å². The van der Waals surface area contributed by atoms with Crippen LogP contribution in [0.5, 0.6) is 0 Å². The average Bonchev–Trinajstić information content (AvgIpc) is 2.64. The molecule has 0 heterocycles. The van der Waals surface area contributed by atoms with Gasteiger partial charge in [0.1, 0.15) is 0 Å². The van der Waals surface area contributed by atoms with Crippen LogP contribution in [0.3, 0.4) is 0 Å². The zero-order valence-electron chi connectivity index (χ0n) is 14.1. The molecule has 0 aliphatic rings. The first-order valence-electron chi connectivity index (χ1n) is 7.86. The summed E-state index contributed by atoms with van der Waals surface area (Å²) in [7, 11) is 0. The standard InChI is InChI=1S/C19H17ClN4O2/c1-13-16(20)3-2-4-17(13)23-18(25)9-10-19(26)24-22-12-15-7-5-14(11-21)6-8-15/h2-8,12H,9-10H2,1H3,(H,23,25)(H,24,26)/b22-12+. The Kier molecular flexibility index (Phi) is 6.89. The summed E-state index contributed by atoms with van der Waals surface area (Å²) in [6, 6.07) is 14.0. The first kappa shape index (κ1) is 19.2. The zero-order valence-corrected chi connectivity index (χ0v) is 14.9. The Labute approximate surface area is 156 Å². The smallest absolute Gasteiger partial charge is 0.240 e. The summed E-state index contributed by atoms with van der Waals surface area (Å²) >= 11 is 6.00. The van der Waals surface area contributed by atoms with Crippen molar-refractivity contribution in [3.8, 4) is 6.07 Å². The number of carbonyl (C=O) groups is 2. The summed E-state index contributed by atoms with van der Waals surface area (Å²) in [5.74, 6) is -0.644. The molecule has 0 aliphatic carbocycles. The van der Waals surface area contributed by atoms with Crippen molar-refractivity contribution in [1.82, 2.24) is 5.43 Å². The molecule has 0 radical (unpaired) electrons. The lowest BCUT2D eigenvalue weighted by Gasteiger charge is -2.09. The Morgan fingerprint density at radius 3 is 2.54 bits per heavy atom. The number of rotatable bonds is 6. The van der Waals surface area contributed by atoms with Crippen LogP contribution in [0.1, 0.15) is 29.5 Å². The molecule has 2 N–H and O–H groups in total. The fourth-order valence-corrected chi connectivity index (χ4v) is 2.24.